The van der Waals surface area contributed by atoms with Crippen LogP contribution in [0, 0.1) is 0 Å². The molecule has 186 valence electrons. The molecule has 1 amide bonds. The minimum atomic E-state index is -4.54. The summed E-state index contributed by atoms with van der Waals surface area (Å²) in [6.45, 7) is 1.18. The predicted molar refractivity (Wildman–Crippen MR) is 126 cm³/mol. The number of anilines is 2. The van der Waals surface area contributed by atoms with Crippen LogP contribution >= 0.6 is 0 Å². The van der Waals surface area contributed by atoms with Gasteiger partial charge in [0, 0.05) is 48.7 Å². The summed E-state index contributed by atoms with van der Waals surface area (Å²) in [5, 5.41) is 15.7. The number of benzene rings is 1. The number of rotatable bonds is 4. The van der Waals surface area contributed by atoms with Crippen molar-refractivity contribution in [2.24, 2.45) is 0 Å². The van der Waals surface area contributed by atoms with E-state index in [-0.39, 0.29) is 23.1 Å². The number of nitrogen functional groups attached to an aromatic ring is 1. The Morgan fingerprint density at radius 3 is 2.64 bits per heavy atom. The molecule has 1 saturated heterocycles. The summed E-state index contributed by atoms with van der Waals surface area (Å²) in [5.74, 6) is 0.172. The number of halogens is 3. The van der Waals surface area contributed by atoms with Gasteiger partial charge in [0.25, 0.3) is 5.91 Å². The Bertz CT molecular complexity index is 1420. The van der Waals surface area contributed by atoms with E-state index < -0.39 is 23.8 Å². The van der Waals surface area contributed by atoms with Crippen molar-refractivity contribution in [1.29, 1.82) is 0 Å². The molecule has 2 unspecified atom stereocenters. The second-order valence-corrected chi connectivity index (χ2v) is 8.55. The first-order valence-electron chi connectivity index (χ1n) is 11.2. The topological polar surface area (TPSA) is 130 Å². The highest BCUT2D eigenvalue weighted by molar-refractivity contribution is 6.04. The van der Waals surface area contributed by atoms with E-state index in [1.165, 1.54) is 0 Å². The molecular weight excluding hydrogens is 475 g/mol. The van der Waals surface area contributed by atoms with Gasteiger partial charge in [-0.25, -0.2) is 15.0 Å². The number of aliphatic hydroxyl groups excluding tert-OH is 1. The second-order valence-electron chi connectivity index (χ2n) is 8.55. The van der Waals surface area contributed by atoms with Crippen LogP contribution in [0.5, 0.6) is 0 Å². The van der Waals surface area contributed by atoms with Crippen LogP contribution in [0.1, 0.15) is 34.1 Å². The van der Waals surface area contributed by atoms with Crippen LogP contribution < -0.4 is 16.4 Å². The van der Waals surface area contributed by atoms with E-state index in [2.05, 4.69) is 20.6 Å². The number of imidazole rings is 1. The van der Waals surface area contributed by atoms with Crippen molar-refractivity contribution >= 4 is 23.1 Å². The lowest BCUT2D eigenvalue weighted by Gasteiger charge is -2.26. The molecule has 5 rings (SSSR count). The quantitative estimate of drug-likeness (QED) is 0.341. The maximum atomic E-state index is 12.9. The third kappa shape index (κ3) is 4.60. The van der Waals surface area contributed by atoms with Gasteiger partial charge in [0.2, 0.25) is 0 Å². The fourth-order valence-electron chi connectivity index (χ4n) is 4.34. The van der Waals surface area contributed by atoms with E-state index in [9.17, 15) is 23.1 Å². The highest BCUT2D eigenvalue weighted by Crippen LogP contribution is 2.33. The Kier molecular flexibility index (Phi) is 6.06. The molecule has 0 bridgehead atoms. The van der Waals surface area contributed by atoms with Crippen molar-refractivity contribution in [2.45, 2.75) is 24.6 Å². The number of β-amino-alcohol motifs (C(OH)–C–C–N with tert-alkyl or cyclic N) is 1. The van der Waals surface area contributed by atoms with Crippen LogP contribution in [0.25, 0.3) is 16.8 Å². The molecule has 4 aromatic rings. The van der Waals surface area contributed by atoms with Gasteiger partial charge in [-0.3, -0.25) is 9.20 Å². The fraction of sp³-hybridized carbons (Fsp3) is 0.250. The predicted octanol–water partition coefficient (Wildman–Crippen LogP) is 3.08. The normalized spacial score (nSPS) is 18.3. The van der Waals surface area contributed by atoms with E-state index in [1.807, 2.05) is 4.40 Å². The number of carbonyl (C=O) groups excluding carboxylic acids is 1. The number of aromatic nitrogens is 4. The van der Waals surface area contributed by atoms with Gasteiger partial charge < -0.3 is 21.5 Å². The van der Waals surface area contributed by atoms with Gasteiger partial charge in [0.05, 0.1) is 11.7 Å². The van der Waals surface area contributed by atoms with Crippen LogP contribution in [0.2, 0.25) is 0 Å². The SMILES string of the molecule is Nc1nccn2c(C3CNCC(O)C3)nc(-c3ccc(C(=O)Nc4cc(C(F)(F)F)ccn4)cc3)c12. The molecule has 4 heterocycles. The molecular formula is C24H22F3N7O2. The molecule has 0 spiro atoms. The number of amides is 1. The fourth-order valence-corrected chi connectivity index (χ4v) is 4.34. The van der Waals surface area contributed by atoms with Crippen molar-refractivity contribution < 1.29 is 23.1 Å². The number of piperidine rings is 1. The van der Waals surface area contributed by atoms with Crippen molar-refractivity contribution in [2.75, 3.05) is 24.1 Å². The third-order valence-corrected chi connectivity index (χ3v) is 6.05. The molecule has 0 radical (unpaired) electrons. The minimum absolute atomic E-state index is 0.0400. The summed E-state index contributed by atoms with van der Waals surface area (Å²) in [5.41, 5.74) is 7.37. The standard InChI is InChI=1S/C24H22F3N7O2/c25-24(26,27)16-5-6-30-18(10-16)32-23(36)14-3-1-13(2-4-14)19-20-21(28)31-7-8-34(20)22(33-19)15-9-17(35)12-29-11-15/h1-8,10,15,17,29,35H,9,11-12H2,(H2,28,31)(H,30,32,36). The highest BCUT2D eigenvalue weighted by atomic mass is 19.4. The lowest BCUT2D eigenvalue weighted by molar-refractivity contribution is -0.137. The molecule has 12 heteroatoms. The van der Waals surface area contributed by atoms with Gasteiger partial charge in [-0.05, 0) is 30.7 Å². The smallest absolute Gasteiger partial charge is 0.392 e. The Hall–Kier alpha value is -4.03. The van der Waals surface area contributed by atoms with Crippen LogP contribution in [0.4, 0.5) is 24.8 Å². The third-order valence-electron chi connectivity index (χ3n) is 6.05. The average molecular weight is 497 g/mol. The van der Waals surface area contributed by atoms with Crippen LogP contribution in [0.15, 0.2) is 55.0 Å². The first-order valence-corrected chi connectivity index (χ1v) is 11.2. The number of carbonyl (C=O) groups is 1. The first kappa shape index (κ1) is 23.7. The summed E-state index contributed by atoms with van der Waals surface area (Å²) >= 11 is 0. The molecule has 1 fully saturated rings. The van der Waals surface area contributed by atoms with Gasteiger partial charge in [-0.1, -0.05) is 12.1 Å². The summed E-state index contributed by atoms with van der Waals surface area (Å²) in [6, 6.07) is 8.06. The van der Waals surface area contributed by atoms with Crippen LogP contribution in [0.3, 0.4) is 0 Å². The van der Waals surface area contributed by atoms with Gasteiger partial charge in [-0.15, -0.1) is 0 Å². The molecule has 1 aliphatic rings. The average Bonchev–Trinajstić information content (AvgIpc) is 3.25. The largest absolute Gasteiger partial charge is 0.416 e. The number of aliphatic hydroxyl groups is 1. The molecule has 1 aliphatic heterocycles. The highest BCUT2D eigenvalue weighted by Gasteiger charge is 2.31. The molecule has 0 saturated carbocycles. The van der Waals surface area contributed by atoms with Gasteiger partial charge >= 0.3 is 6.18 Å². The van der Waals surface area contributed by atoms with Crippen molar-refractivity contribution in [3.63, 3.8) is 0 Å². The second kappa shape index (κ2) is 9.21. The lowest BCUT2D eigenvalue weighted by atomic mass is 9.97. The number of nitrogens with two attached hydrogens (primary N) is 1. The maximum Gasteiger partial charge on any atom is 0.416 e. The van der Waals surface area contributed by atoms with Crippen molar-refractivity contribution in [3.05, 3.63) is 71.9 Å². The number of hydrogen-bond donors (Lipinski definition) is 4. The molecule has 1 aromatic carbocycles. The Balaban J connectivity index is 1.43. The molecule has 9 nitrogen and oxygen atoms in total. The number of hydrogen-bond acceptors (Lipinski definition) is 7. The first-order chi connectivity index (χ1) is 17.2. The molecule has 0 aliphatic carbocycles. The Labute approximate surface area is 203 Å². The molecule has 36 heavy (non-hydrogen) atoms. The van der Waals surface area contributed by atoms with Gasteiger partial charge in [0.1, 0.15) is 28.7 Å². The van der Waals surface area contributed by atoms with E-state index in [4.69, 9.17) is 10.7 Å². The lowest BCUT2D eigenvalue weighted by Crippen LogP contribution is -2.38. The Morgan fingerprint density at radius 1 is 1.14 bits per heavy atom. The summed E-state index contributed by atoms with van der Waals surface area (Å²) in [6.07, 6.45) is -0.137. The minimum Gasteiger partial charge on any atom is -0.392 e. The van der Waals surface area contributed by atoms with Gasteiger partial charge in [0.15, 0.2) is 0 Å². The van der Waals surface area contributed by atoms with Crippen LogP contribution in [-0.2, 0) is 6.18 Å². The zero-order valence-corrected chi connectivity index (χ0v) is 18.8. The van der Waals surface area contributed by atoms with Crippen LogP contribution in [-0.4, -0.2) is 49.6 Å². The molecule has 5 N–H and O–H groups in total. The van der Waals surface area contributed by atoms with Crippen molar-refractivity contribution in [1.82, 2.24) is 24.7 Å². The number of alkyl halides is 3. The number of nitrogens with zero attached hydrogens (tertiary/aromatic N) is 4. The summed E-state index contributed by atoms with van der Waals surface area (Å²) in [7, 11) is 0. The monoisotopic (exact) mass is 497 g/mol. The van der Waals surface area contributed by atoms with E-state index in [0.717, 1.165) is 24.2 Å². The maximum absolute atomic E-state index is 12.9. The summed E-state index contributed by atoms with van der Waals surface area (Å²) < 4.78 is 40.7. The molecule has 2 atom stereocenters. The van der Waals surface area contributed by atoms with E-state index in [0.29, 0.717) is 36.3 Å². The van der Waals surface area contributed by atoms with E-state index in [1.54, 1.807) is 36.7 Å². The number of nitrogens with one attached hydrogen (secondary N) is 2. The zero-order chi connectivity index (χ0) is 25.4. The molecule has 3 aromatic heterocycles. The number of fused-ring (bicyclic) bond motifs is 1. The zero-order valence-electron chi connectivity index (χ0n) is 18.8. The van der Waals surface area contributed by atoms with E-state index >= 15 is 0 Å². The van der Waals surface area contributed by atoms with Crippen molar-refractivity contribution in [3.8, 4) is 11.3 Å². The van der Waals surface area contributed by atoms with Gasteiger partial charge in [-0.2, -0.15) is 13.2 Å². The summed E-state index contributed by atoms with van der Waals surface area (Å²) in [4.78, 5) is 25.4. The Morgan fingerprint density at radius 2 is 1.92 bits per heavy atom. The number of pyridine rings is 1.